The first-order chi connectivity index (χ1) is 11.6. The van der Waals surface area contributed by atoms with Crippen LogP contribution < -0.4 is 4.90 Å². The predicted octanol–water partition coefficient (Wildman–Crippen LogP) is 6.05. The molecule has 0 saturated heterocycles. The van der Waals surface area contributed by atoms with Gasteiger partial charge < -0.3 is 4.74 Å². The third-order valence-corrected chi connectivity index (χ3v) is 5.35. The minimum absolute atomic E-state index is 0.370. The molecule has 0 N–H and O–H groups in total. The number of ether oxygens (including phenoxy) is 1. The van der Waals surface area contributed by atoms with Gasteiger partial charge in [0.1, 0.15) is 10.8 Å². The molecule has 0 radical (unpaired) electrons. The first kappa shape index (κ1) is 17.0. The lowest BCUT2D eigenvalue weighted by Gasteiger charge is -2.24. The van der Waals surface area contributed by atoms with Crippen LogP contribution >= 0.6 is 11.3 Å². The Morgan fingerprint density at radius 3 is 2.71 bits per heavy atom. The van der Waals surface area contributed by atoms with Crippen molar-refractivity contribution in [1.82, 2.24) is 0 Å². The molecule has 0 aliphatic heterocycles. The zero-order chi connectivity index (χ0) is 16.9. The van der Waals surface area contributed by atoms with Gasteiger partial charge in [-0.25, -0.2) is 14.1 Å². The number of carbonyl (C=O) groups excluding carboxylic acids is 1. The Morgan fingerprint density at radius 2 is 2.04 bits per heavy atom. The number of rotatable bonds is 4. The highest BCUT2D eigenvalue weighted by Crippen LogP contribution is 2.33. The fraction of sp³-hybridized carbons (Fsp3) is 0.421. The maximum absolute atomic E-state index is 13.6. The average Bonchev–Trinajstić information content (AvgIpc) is 3.00. The number of amides is 1. The SMILES string of the molecule is Cc1ccc(N(C(=O)OCC2CCCCC2)c2cccc(F)c2)s1. The molecule has 1 heterocycles. The van der Waals surface area contributed by atoms with Gasteiger partial charge in [0, 0.05) is 4.88 Å². The second kappa shape index (κ2) is 7.79. The summed E-state index contributed by atoms with van der Waals surface area (Å²) in [5.74, 6) is 0.0768. The molecule has 5 heteroatoms. The molecule has 1 aliphatic rings. The van der Waals surface area contributed by atoms with Gasteiger partial charge in [-0.15, -0.1) is 11.3 Å². The lowest BCUT2D eigenvalue weighted by Crippen LogP contribution is -2.28. The van der Waals surface area contributed by atoms with E-state index in [9.17, 15) is 9.18 Å². The van der Waals surface area contributed by atoms with E-state index in [0.29, 0.717) is 18.2 Å². The number of anilines is 2. The summed E-state index contributed by atoms with van der Waals surface area (Å²) in [4.78, 5) is 15.2. The van der Waals surface area contributed by atoms with Crippen LogP contribution in [0.1, 0.15) is 37.0 Å². The van der Waals surface area contributed by atoms with Crippen molar-refractivity contribution in [3.8, 4) is 0 Å². The number of carbonyl (C=O) groups is 1. The third-order valence-electron chi connectivity index (χ3n) is 4.36. The summed E-state index contributed by atoms with van der Waals surface area (Å²) in [5, 5.41) is 0.742. The molecule has 3 rings (SSSR count). The first-order valence-electron chi connectivity index (χ1n) is 8.42. The highest BCUT2D eigenvalue weighted by molar-refractivity contribution is 7.16. The smallest absolute Gasteiger partial charge is 0.419 e. The first-order valence-corrected chi connectivity index (χ1v) is 9.24. The molecule has 0 bridgehead atoms. The third kappa shape index (κ3) is 4.15. The van der Waals surface area contributed by atoms with Crippen LogP contribution in [0.4, 0.5) is 19.9 Å². The number of benzene rings is 1. The summed E-state index contributed by atoms with van der Waals surface area (Å²) < 4.78 is 19.2. The number of hydrogen-bond acceptors (Lipinski definition) is 3. The Kier molecular flexibility index (Phi) is 5.51. The van der Waals surface area contributed by atoms with Gasteiger partial charge in [0.25, 0.3) is 0 Å². The molecular formula is C19H22FNO2S. The Balaban J connectivity index is 1.77. The van der Waals surface area contributed by atoms with Gasteiger partial charge in [0.05, 0.1) is 12.3 Å². The van der Waals surface area contributed by atoms with E-state index in [1.807, 2.05) is 19.1 Å². The largest absolute Gasteiger partial charge is 0.449 e. The van der Waals surface area contributed by atoms with Gasteiger partial charge in [-0.05, 0) is 56.0 Å². The van der Waals surface area contributed by atoms with Crippen molar-refractivity contribution in [1.29, 1.82) is 0 Å². The van der Waals surface area contributed by atoms with Crippen LogP contribution in [-0.4, -0.2) is 12.7 Å². The summed E-state index contributed by atoms with van der Waals surface area (Å²) in [6.07, 6.45) is 5.48. The van der Waals surface area contributed by atoms with Crippen molar-refractivity contribution < 1.29 is 13.9 Å². The van der Waals surface area contributed by atoms with Crippen LogP contribution in [0.2, 0.25) is 0 Å². The van der Waals surface area contributed by atoms with Gasteiger partial charge in [-0.1, -0.05) is 25.3 Å². The Bertz CT molecular complexity index is 694. The van der Waals surface area contributed by atoms with E-state index in [0.717, 1.165) is 22.7 Å². The minimum atomic E-state index is -0.437. The normalized spacial score (nSPS) is 15.2. The maximum atomic E-state index is 13.6. The van der Waals surface area contributed by atoms with E-state index in [1.54, 1.807) is 12.1 Å². The summed E-state index contributed by atoms with van der Waals surface area (Å²) in [6.45, 7) is 2.42. The molecule has 0 spiro atoms. The highest BCUT2D eigenvalue weighted by Gasteiger charge is 2.23. The molecule has 1 aromatic carbocycles. The zero-order valence-electron chi connectivity index (χ0n) is 13.8. The van der Waals surface area contributed by atoms with Crippen LogP contribution in [0.25, 0.3) is 0 Å². The van der Waals surface area contributed by atoms with Gasteiger partial charge in [-0.2, -0.15) is 0 Å². The van der Waals surface area contributed by atoms with Crippen molar-refractivity contribution in [2.75, 3.05) is 11.5 Å². The number of hydrogen-bond donors (Lipinski definition) is 0. The Hall–Kier alpha value is -1.88. The molecule has 2 aromatic rings. The van der Waals surface area contributed by atoms with E-state index in [4.69, 9.17) is 4.74 Å². The van der Waals surface area contributed by atoms with Crippen molar-refractivity contribution in [2.24, 2.45) is 5.92 Å². The van der Waals surface area contributed by atoms with Crippen molar-refractivity contribution in [3.05, 3.63) is 47.1 Å². The van der Waals surface area contributed by atoms with Crippen LogP contribution in [-0.2, 0) is 4.74 Å². The second-order valence-corrected chi connectivity index (χ2v) is 7.55. The van der Waals surface area contributed by atoms with E-state index in [-0.39, 0.29) is 5.82 Å². The topological polar surface area (TPSA) is 29.5 Å². The van der Waals surface area contributed by atoms with Crippen LogP contribution in [0.3, 0.4) is 0 Å². The van der Waals surface area contributed by atoms with E-state index < -0.39 is 6.09 Å². The summed E-state index contributed by atoms with van der Waals surface area (Å²) in [5.41, 5.74) is 0.491. The zero-order valence-corrected chi connectivity index (χ0v) is 14.7. The second-order valence-electron chi connectivity index (χ2n) is 6.28. The van der Waals surface area contributed by atoms with Crippen molar-refractivity contribution >= 4 is 28.1 Å². The van der Waals surface area contributed by atoms with Gasteiger partial charge in [0.2, 0.25) is 0 Å². The summed E-state index contributed by atoms with van der Waals surface area (Å²) >= 11 is 1.49. The molecule has 24 heavy (non-hydrogen) atoms. The molecule has 1 saturated carbocycles. The molecule has 1 aliphatic carbocycles. The maximum Gasteiger partial charge on any atom is 0.419 e. The number of aryl methyl sites for hydroxylation is 1. The standard InChI is InChI=1S/C19H22FNO2S/c1-14-10-11-18(24-14)21(17-9-5-8-16(20)12-17)19(22)23-13-15-6-3-2-4-7-15/h5,8-12,15H,2-4,6-7,13H2,1H3. The van der Waals surface area contributed by atoms with E-state index in [1.165, 1.54) is 47.6 Å². The van der Waals surface area contributed by atoms with E-state index in [2.05, 4.69) is 0 Å². The number of nitrogens with zero attached hydrogens (tertiary/aromatic N) is 1. The minimum Gasteiger partial charge on any atom is -0.449 e. The average molecular weight is 347 g/mol. The molecule has 0 atom stereocenters. The number of thiophene rings is 1. The van der Waals surface area contributed by atoms with Gasteiger partial charge >= 0.3 is 6.09 Å². The van der Waals surface area contributed by atoms with Gasteiger partial charge in [0.15, 0.2) is 0 Å². The molecule has 128 valence electrons. The summed E-state index contributed by atoms with van der Waals surface area (Å²) in [6, 6.07) is 9.87. The molecule has 0 unspecified atom stereocenters. The highest BCUT2D eigenvalue weighted by atomic mass is 32.1. The number of halogens is 1. The van der Waals surface area contributed by atoms with Crippen LogP contribution in [0.5, 0.6) is 0 Å². The van der Waals surface area contributed by atoms with Crippen LogP contribution in [0.15, 0.2) is 36.4 Å². The van der Waals surface area contributed by atoms with Crippen LogP contribution in [0, 0.1) is 18.7 Å². The quantitative estimate of drug-likeness (QED) is 0.673. The lowest BCUT2D eigenvalue weighted by molar-refractivity contribution is 0.124. The van der Waals surface area contributed by atoms with Crippen molar-refractivity contribution in [3.63, 3.8) is 0 Å². The summed E-state index contributed by atoms with van der Waals surface area (Å²) in [7, 11) is 0. The predicted molar refractivity (Wildman–Crippen MR) is 95.5 cm³/mol. The Morgan fingerprint density at radius 1 is 1.25 bits per heavy atom. The molecule has 1 fully saturated rings. The fourth-order valence-electron chi connectivity index (χ4n) is 3.09. The van der Waals surface area contributed by atoms with Crippen molar-refractivity contribution in [2.45, 2.75) is 39.0 Å². The van der Waals surface area contributed by atoms with E-state index >= 15 is 0 Å². The Labute approximate surface area is 146 Å². The monoisotopic (exact) mass is 347 g/mol. The molecule has 1 amide bonds. The fourth-order valence-corrected chi connectivity index (χ4v) is 3.96. The molecule has 1 aromatic heterocycles. The lowest BCUT2D eigenvalue weighted by atomic mass is 9.90. The van der Waals surface area contributed by atoms with Gasteiger partial charge in [-0.3, -0.25) is 0 Å². The molecular weight excluding hydrogens is 325 g/mol. The molecule has 3 nitrogen and oxygen atoms in total.